The zero-order chi connectivity index (χ0) is 23.2. The summed E-state index contributed by atoms with van der Waals surface area (Å²) in [6, 6.07) is 14.1. The van der Waals surface area contributed by atoms with E-state index in [2.05, 4.69) is 10.3 Å². The van der Waals surface area contributed by atoms with Gasteiger partial charge in [-0.1, -0.05) is 30.8 Å². The lowest BCUT2D eigenvalue weighted by Crippen LogP contribution is -2.29. The van der Waals surface area contributed by atoms with Gasteiger partial charge >= 0.3 is 0 Å². The summed E-state index contributed by atoms with van der Waals surface area (Å²) in [7, 11) is 0. The maximum absolute atomic E-state index is 13.2. The lowest BCUT2D eigenvalue weighted by atomic mass is 10.1. The van der Waals surface area contributed by atoms with Gasteiger partial charge in [-0.05, 0) is 55.7 Å². The molecule has 1 amide bonds. The van der Waals surface area contributed by atoms with E-state index in [0.29, 0.717) is 46.9 Å². The van der Waals surface area contributed by atoms with Gasteiger partial charge < -0.3 is 10.1 Å². The van der Waals surface area contributed by atoms with Gasteiger partial charge in [0, 0.05) is 24.3 Å². The Hall–Kier alpha value is -2.97. The molecule has 1 N–H and O–H groups in total. The van der Waals surface area contributed by atoms with Crippen LogP contribution >= 0.6 is 11.8 Å². The molecule has 0 unspecified atom stereocenters. The first kappa shape index (κ1) is 23.2. The van der Waals surface area contributed by atoms with Crippen LogP contribution < -0.4 is 10.9 Å². The predicted octanol–water partition coefficient (Wildman–Crippen LogP) is 4.29. The van der Waals surface area contributed by atoms with Crippen molar-refractivity contribution >= 4 is 40.0 Å². The molecule has 1 aromatic heterocycles. The first-order chi connectivity index (χ1) is 16.0. The van der Waals surface area contributed by atoms with Gasteiger partial charge in [-0.2, -0.15) is 0 Å². The molecule has 8 heteroatoms. The largest absolute Gasteiger partial charge is 0.376 e. The van der Waals surface area contributed by atoms with Gasteiger partial charge in [-0.25, -0.2) is 4.98 Å². The van der Waals surface area contributed by atoms with E-state index in [1.807, 2.05) is 25.1 Å². The number of aromatic nitrogens is 2. The van der Waals surface area contributed by atoms with Crippen molar-refractivity contribution in [3.8, 4) is 0 Å². The Balaban J connectivity index is 1.50. The van der Waals surface area contributed by atoms with Gasteiger partial charge in [0.2, 0.25) is 5.91 Å². The van der Waals surface area contributed by atoms with E-state index in [1.165, 1.54) is 11.8 Å². The fourth-order valence-corrected chi connectivity index (χ4v) is 4.72. The molecule has 0 aliphatic carbocycles. The van der Waals surface area contributed by atoms with Crippen molar-refractivity contribution in [2.24, 2.45) is 0 Å². The second-order valence-electron chi connectivity index (χ2n) is 8.05. The molecule has 0 spiro atoms. The first-order valence-corrected chi connectivity index (χ1v) is 12.2. The SMILES string of the molecule is CCCC(=O)Nc1ccc(C(=O)CSc2nc3ccccc3c(=O)n2C[C@H]2CCCO2)cc1. The number of benzene rings is 2. The third-order valence-corrected chi connectivity index (χ3v) is 6.51. The van der Waals surface area contributed by atoms with E-state index >= 15 is 0 Å². The number of carbonyl (C=O) groups excluding carboxylic acids is 2. The lowest BCUT2D eigenvalue weighted by molar-refractivity contribution is -0.116. The molecular formula is C25H27N3O4S. The normalized spacial score (nSPS) is 15.6. The van der Waals surface area contributed by atoms with Crippen molar-refractivity contribution in [3.05, 3.63) is 64.4 Å². The van der Waals surface area contributed by atoms with Gasteiger partial charge in [0.25, 0.3) is 5.56 Å². The molecule has 3 aromatic rings. The number of para-hydroxylation sites is 1. The van der Waals surface area contributed by atoms with E-state index in [9.17, 15) is 14.4 Å². The highest BCUT2D eigenvalue weighted by Crippen LogP contribution is 2.22. The molecular weight excluding hydrogens is 438 g/mol. The van der Waals surface area contributed by atoms with Crippen LogP contribution in [0.25, 0.3) is 10.9 Å². The van der Waals surface area contributed by atoms with E-state index in [4.69, 9.17) is 4.74 Å². The molecule has 0 radical (unpaired) electrons. The van der Waals surface area contributed by atoms with Crippen LogP contribution in [-0.2, 0) is 16.1 Å². The maximum atomic E-state index is 13.2. The summed E-state index contributed by atoms with van der Waals surface area (Å²) < 4.78 is 7.38. The number of amides is 1. The molecule has 1 atom stereocenters. The van der Waals surface area contributed by atoms with Crippen LogP contribution in [0, 0.1) is 0 Å². The molecule has 1 saturated heterocycles. The summed E-state index contributed by atoms with van der Waals surface area (Å²) in [4.78, 5) is 42.4. The van der Waals surface area contributed by atoms with Crippen LogP contribution in [-0.4, -0.2) is 39.7 Å². The molecule has 0 saturated carbocycles. The molecule has 2 aromatic carbocycles. The number of carbonyl (C=O) groups is 2. The smallest absolute Gasteiger partial charge is 0.262 e. The Morgan fingerprint density at radius 1 is 1.18 bits per heavy atom. The topological polar surface area (TPSA) is 90.3 Å². The minimum atomic E-state index is -0.113. The molecule has 2 heterocycles. The number of Topliss-reactive ketones (excluding diaryl/α,β-unsaturated/α-hetero) is 1. The Morgan fingerprint density at radius 2 is 1.97 bits per heavy atom. The summed E-state index contributed by atoms with van der Waals surface area (Å²) in [6.07, 6.45) is 3.11. The van der Waals surface area contributed by atoms with Crippen molar-refractivity contribution < 1.29 is 14.3 Å². The minimum absolute atomic E-state index is 0.0174. The summed E-state index contributed by atoms with van der Waals surface area (Å²) in [5.74, 6) is 0.0360. The monoisotopic (exact) mass is 465 g/mol. The molecule has 7 nitrogen and oxygen atoms in total. The van der Waals surface area contributed by atoms with Gasteiger partial charge in [-0.3, -0.25) is 19.0 Å². The predicted molar refractivity (Wildman–Crippen MR) is 130 cm³/mol. The van der Waals surface area contributed by atoms with E-state index < -0.39 is 0 Å². The summed E-state index contributed by atoms with van der Waals surface area (Å²) in [6.45, 7) is 3.08. The van der Waals surface area contributed by atoms with E-state index in [1.54, 1.807) is 34.9 Å². The molecule has 1 aliphatic heterocycles. The van der Waals surface area contributed by atoms with Crippen molar-refractivity contribution in [1.29, 1.82) is 0 Å². The number of anilines is 1. The zero-order valence-electron chi connectivity index (χ0n) is 18.6. The van der Waals surface area contributed by atoms with Gasteiger partial charge in [0.1, 0.15) is 0 Å². The van der Waals surface area contributed by atoms with Crippen LogP contribution in [0.2, 0.25) is 0 Å². The van der Waals surface area contributed by atoms with Gasteiger partial charge in [-0.15, -0.1) is 0 Å². The summed E-state index contributed by atoms with van der Waals surface area (Å²) in [5.41, 5.74) is 1.72. The molecule has 1 fully saturated rings. The number of fused-ring (bicyclic) bond motifs is 1. The van der Waals surface area contributed by atoms with Gasteiger partial charge in [0.05, 0.1) is 29.3 Å². The van der Waals surface area contributed by atoms with Crippen LogP contribution in [0.1, 0.15) is 43.0 Å². The number of hydrogen-bond acceptors (Lipinski definition) is 6. The van der Waals surface area contributed by atoms with Crippen LogP contribution in [0.5, 0.6) is 0 Å². The Kier molecular flexibility index (Phi) is 7.57. The first-order valence-electron chi connectivity index (χ1n) is 11.2. The highest BCUT2D eigenvalue weighted by molar-refractivity contribution is 7.99. The number of ether oxygens (including phenoxy) is 1. The lowest BCUT2D eigenvalue weighted by Gasteiger charge is -2.16. The Labute approximate surface area is 196 Å². The molecule has 172 valence electrons. The molecule has 33 heavy (non-hydrogen) atoms. The average Bonchev–Trinajstić information content (AvgIpc) is 3.33. The van der Waals surface area contributed by atoms with Crippen LogP contribution in [0.15, 0.2) is 58.5 Å². The highest BCUT2D eigenvalue weighted by Gasteiger charge is 2.21. The fraction of sp³-hybridized carbons (Fsp3) is 0.360. The number of ketones is 1. The van der Waals surface area contributed by atoms with Crippen molar-refractivity contribution in [3.63, 3.8) is 0 Å². The van der Waals surface area contributed by atoms with Crippen LogP contribution in [0.4, 0.5) is 5.69 Å². The molecule has 1 aliphatic rings. The third kappa shape index (κ3) is 5.69. The average molecular weight is 466 g/mol. The quantitative estimate of drug-likeness (QED) is 0.288. The minimum Gasteiger partial charge on any atom is -0.376 e. The number of hydrogen-bond donors (Lipinski definition) is 1. The second-order valence-corrected chi connectivity index (χ2v) is 8.99. The number of rotatable bonds is 9. The maximum Gasteiger partial charge on any atom is 0.262 e. The van der Waals surface area contributed by atoms with E-state index in [-0.39, 0.29) is 29.1 Å². The third-order valence-electron chi connectivity index (χ3n) is 5.54. The molecule has 0 bridgehead atoms. The van der Waals surface area contributed by atoms with Crippen molar-refractivity contribution in [1.82, 2.24) is 9.55 Å². The zero-order valence-corrected chi connectivity index (χ0v) is 19.4. The Morgan fingerprint density at radius 3 is 2.70 bits per heavy atom. The van der Waals surface area contributed by atoms with Crippen molar-refractivity contribution in [2.75, 3.05) is 17.7 Å². The van der Waals surface area contributed by atoms with Crippen molar-refractivity contribution in [2.45, 2.75) is 50.4 Å². The Bertz CT molecular complexity index is 1200. The highest BCUT2D eigenvalue weighted by atomic mass is 32.2. The molecule has 4 rings (SSSR count). The number of nitrogens with zero attached hydrogens (tertiary/aromatic N) is 2. The second kappa shape index (κ2) is 10.8. The summed E-state index contributed by atoms with van der Waals surface area (Å²) in [5, 5.41) is 3.90. The fourth-order valence-electron chi connectivity index (χ4n) is 3.81. The van der Waals surface area contributed by atoms with E-state index in [0.717, 1.165) is 19.3 Å². The van der Waals surface area contributed by atoms with Crippen LogP contribution in [0.3, 0.4) is 0 Å². The van der Waals surface area contributed by atoms with Gasteiger partial charge in [0.15, 0.2) is 10.9 Å². The number of nitrogens with one attached hydrogen (secondary N) is 1. The standard InChI is InChI=1S/C25H27N3O4S/c1-2-6-23(30)26-18-12-10-17(11-13-18)22(29)16-33-25-27-21-9-4-3-8-20(21)24(31)28(25)15-19-7-5-14-32-19/h3-4,8-13,19H,2,5-7,14-16H2,1H3,(H,26,30)/t19-/m1/s1. The number of thioether (sulfide) groups is 1. The summed E-state index contributed by atoms with van der Waals surface area (Å²) >= 11 is 1.26.